The number of esters is 1. The van der Waals surface area contributed by atoms with Crippen LogP contribution in [0.4, 0.5) is 0 Å². The summed E-state index contributed by atoms with van der Waals surface area (Å²) in [5.74, 6) is -0.841. The highest BCUT2D eigenvalue weighted by Gasteiger charge is 2.25. The number of aliphatic hydroxyl groups is 1. The van der Waals surface area contributed by atoms with Gasteiger partial charge in [-0.25, -0.2) is 4.79 Å². The average molecular weight is 343 g/mol. The number of aryl methyl sites for hydroxylation is 2. The van der Waals surface area contributed by atoms with Crippen LogP contribution in [0.25, 0.3) is 0 Å². The Bertz CT molecular complexity index is 772. The monoisotopic (exact) mass is 343 g/mol. The van der Waals surface area contributed by atoms with Gasteiger partial charge in [-0.05, 0) is 45.2 Å². The van der Waals surface area contributed by atoms with Gasteiger partial charge in [-0.15, -0.1) is 0 Å². The van der Waals surface area contributed by atoms with Crippen LogP contribution in [0.3, 0.4) is 0 Å². The molecule has 0 aliphatic rings. The number of hydrogen-bond donors (Lipinski definition) is 2. The van der Waals surface area contributed by atoms with Gasteiger partial charge in [-0.3, -0.25) is 4.79 Å². The molecule has 0 aliphatic carbocycles. The lowest BCUT2D eigenvalue weighted by Crippen LogP contribution is -2.25. The number of carbonyl (C=O) groups excluding carboxylic acids is 2. The molecule has 0 saturated heterocycles. The molecule has 1 aromatic carbocycles. The van der Waals surface area contributed by atoms with Crippen molar-refractivity contribution in [1.82, 2.24) is 4.98 Å². The van der Waals surface area contributed by atoms with E-state index in [1.807, 2.05) is 19.1 Å². The number of carbonyl (C=O) groups is 2. The van der Waals surface area contributed by atoms with Gasteiger partial charge in [-0.2, -0.15) is 0 Å². The van der Waals surface area contributed by atoms with Gasteiger partial charge in [0.2, 0.25) is 5.78 Å². The number of hydrogen-bond acceptors (Lipinski definition) is 4. The number of aliphatic hydroxyl groups excluding tert-OH is 1. The first-order valence-corrected chi connectivity index (χ1v) is 8.47. The van der Waals surface area contributed by atoms with Gasteiger partial charge in [0.25, 0.3) is 0 Å². The fourth-order valence-corrected chi connectivity index (χ4v) is 3.01. The maximum atomic E-state index is 12.4. The SMILES string of the molecule is CCc1ccc(C(=O)[C@H](C)OC(=O)c2[nH]c(C)c([C@H](C)O)c2C)cc1. The van der Waals surface area contributed by atoms with Gasteiger partial charge in [0, 0.05) is 16.8 Å². The first-order chi connectivity index (χ1) is 11.8. The fraction of sp³-hybridized carbons (Fsp3) is 0.400. The highest BCUT2D eigenvalue weighted by atomic mass is 16.5. The van der Waals surface area contributed by atoms with Crippen molar-refractivity contribution < 1.29 is 19.4 Å². The molecule has 5 nitrogen and oxygen atoms in total. The van der Waals surface area contributed by atoms with Gasteiger partial charge in [0.1, 0.15) is 5.69 Å². The van der Waals surface area contributed by atoms with Crippen LogP contribution in [-0.2, 0) is 11.2 Å². The molecule has 0 amide bonds. The molecule has 2 rings (SSSR count). The lowest BCUT2D eigenvalue weighted by atomic mass is 10.0. The zero-order valence-electron chi connectivity index (χ0n) is 15.3. The van der Waals surface area contributed by atoms with Crippen molar-refractivity contribution in [2.24, 2.45) is 0 Å². The molecule has 5 heteroatoms. The van der Waals surface area contributed by atoms with Crippen molar-refractivity contribution in [2.75, 3.05) is 0 Å². The van der Waals surface area contributed by atoms with E-state index in [9.17, 15) is 14.7 Å². The third-order valence-electron chi connectivity index (χ3n) is 4.42. The Balaban J connectivity index is 2.14. The zero-order valence-corrected chi connectivity index (χ0v) is 15.3. The summed E-state index contributed by atoms with van der Waals surface area (Å²) >= 11 is 0. The van der Waals surface area contributed by atoms with Crippen LogP contribution in [0.2, 0.25) is 0 Å². The number of H-pyrrole nitrogens is 1. The van der Waals surface area contributed by atoms with Crippen molar-refractivity contribution in [2.45, 2.75) is 53.2 Å². The minimum atomic E-state index is -0.891. The molecule has 134 valence electrons. The number of aromatic nitrogens is 1. The maximum absolute atomic E-state index is 12.4. The summed E-state index contributed by atoms with van der Waals surface area (Å²) in [7, 11) is 0. The molecule has 0 fully saturated rings. The Hall–Kier alpha value is -2.40. The van der Waals surface area contributed by atoms with Crippen LogP contribution in [0.5, 0.6) is 0 Å². The molecule has 1 aromatic heterocycles. The van der Waals surface area contributed by atoms with Crippen LogP contribution >= 0.6 is 0 Å². The van der Waals surface area contributed by atoms with E-state index in [-0.39, 0.29) is 11.5 Å². The summed E-state index contributed by atoms with van der Waals surface area (Å²) in [4.78, 5) is 27.8. The third kappa shape index (κ3) is 3.99. The first-order valence-electron chi connectivity index (χ1n) is 8.47. The van der Waals surface area contributed by atoms with Crippen molar-refractivity contribution >= 4 is 11.8 Å². The van der Waals surface area contributed by atoms with E-state index >= 15 is 0 Å². The van der Waals surface area contributed by atoms with E-state index < -0.39 is 18.2 Å². The molecule has 0 saturated carbocycles. The molecule has 0 aliphatic heterocycles. The second-order valence-electron chi connectivity index (χ2n) is 6.30. The fourth-order valence-electron chi connectivity index (χ4n) is 3.01. The molecule has 0 unspecified atom stereocenters. The summed E-state index contributed by atoms with van der Waals surface area (Å²) in [6, 6.07) is 7.30. The standard InChI is InChI=1S/C20H25NO4/c1-6-15-7-9-16(10-8-15)19(23)14(5)25-20(24)18-11(2)17(13(4)22)12(3)21-18/h7-10,13-14,21-22H,6H2,1-5H3/t13-,14-/m0/s1. The summed E-state index contributed by atoms with van der Waals surface area (Å²) in [5, 5.41) is 9.82. The topological polar surface area (TPSA) is 79.4 Å². The molecule has 0 bridgehead atoms. The highest BCUT2D eigenvalue weighted by molar-refractivity contribution is 6.01. The smallest absolute Gasteiger partial charge is 0.355 e. The van der Waals surface area contributed by atoms with E-state index in [2.05, 4.69) is 4.98 Å². The quantitative estimate of drug-likeness (QED) is 0.619. The predicted octanol–water partition coefficient (Wildman–Crippen LogP) is 3.68. The van der Waals surface area contributed by atoms with Crippen LogP contribution in [-0.4, -0.2) is 27.9 Å². The number of nitrogens with one attached hydrogen (secondary N) is 1. The van der Waals surface area contributed by atoms with Crippen molar-refractivity contribution in [1.29, 1.82) is 0 Å². The van der Waals surface area contributed by atoms with Gasteiger partial charge < -0.3 is 14.8 Å². The Kier molecular flexibility index (Phi) is 5.80. The number of rotatable bonds is 6. The van der Waals surface area contributed by atoms with E-state index in [0.29, 0.717) is 22.4 Å². The number of ketones is 1. The first kappa shape index (κ1) is 18.9. The molecule has 25 heavy (non-hydrogen) atoms. The van der Waals surface area contributed by atoms with E-state index in [1.165, 1.54) is 0 Å². The number of aromatic amines is 1. The Labute approximate surface area is 148 Å². The van der Waals surface area contributed by atoms with Crippen molar-refractivity contribution in [3.8, 4) is 0 Å². The average Bonchev–Trinajstić information content (AvgIpc) is 2.88. The van der Waals surface area contributed by atoms with Crippen LogP contribution in [0.1, 0.15) is 70.1 Å². The molecule has 0 spiro atoms. The minimum absolute atomic E-state index is 0.243. The molecule has 2 N–H and O–H groups in total. The van der Waals surface area contributed by atoms with Crippen molar-refractivity contribution in [3.05, 3.63) is 57.9 Å². The van der Waals surface area contributed by atoms with Gasteiger partial charge in [-0.1, -0.05) is 31.2 Å². The van der Waals surface area contributed by atoms with Crippen LogP contribution in [0, 0.1) is 13.8 Å². The Morgan fingerprint density at radius 2 is 1.76 bits per heavy atom. The summed E-state index contributed by atoms with van der Waals surface area (Å²) in [6.45, 7) is 8.79. The highest BCUT2D eigenvalue weighted by Crippen LogP contribution is 2.25. The van der Waals surface area contributed by atoms with E-state index in [0.717, 1.165) is 12.0 Å². The summed E-state index contributed by atoms with van der Waals surface area (Å²) < 4.78 is 5.34. The molecule has 2 aromatic rings. The molecule has 1 heterocycles. The van der Waals surface area contributed by atoms with Gasteiger partial charge in [0.05, 0.1) is 6.10 Å². The second-order valence-corrected chi connectivity index (χ2v) is 6.30. The molecular weight excluding hydrogens is 318 g/mol. The van der Waals surface area contributed by atoms with Gasteiger partial charge in [0.15, 0.2) is 6.10 Å². The number of ether oxygens (including phenoxy) is 1. The maximum Gasteiger partial charge on any atom is 0.355 e. The van der Waals surface area contributed by atoms with E-state index in [1.54, 1.807) is 39.8 Å². The summed E-state index contributed by atoms with van der Waals surface area (Å²) in [5.41, 5.74) is 3.97. The van der Waals surface area contributed by atoms with Crippen LogP contribution < -0.4 is 0 Å². The van der Waals surface area contributed by atoms with Crippen LogP contribution in [0.15, 0.2) is 24.3 Å². The lowest BCUT2D eigenvalue weighted by molar-refractivity contribution is 0.0313. The lowest BCUT2D eigenvalue weighted by Gasteiger charge is -2.13. The molecule has 2 atom stereocenters. The Morgan fingerprint density at radius 1 is 1.16 bits per heavy atom. The Morgan fingerprint density at radius 3 is 2.24 bits per heavy atom. The van der Waals surface area contributed by atoms with E-state index in [4.69, 9.17) is 4.74 Å². The molecular formula is C20H25NO4. The predicted molar refractivity (Wildman–Crippen MR) is 95.9 cm³/mol. The third-order valence-corrected chi connectivity index (χ3v) is 4.42. The minimum Gasteiger partial charge on any atom is -0.450 e. The normalized spacial score (nSPS) is 13.4. The largest absolute Gasteiger partial charge is 0.450 e. The second kappa shape index (κ2) is 7.66. The van der Waals surface area contributed by atoms with Crippen molar-refractivity contribution in [3.63, 3.8) is 0 Å². The summed E-state index contributed by atoms with van der Waals surface area (Å²) in [6.07, 6.45) is -0.678. The number of benzene rings is 1. The zero-order chi connectivity index (χ0) is 18.7. The molecule has 0 radical (unpaired) electrons. The number of Topliss-reactive ketones (excluding diaryl/α,β-unsaturated/α-hetero) is 1. The van der Waals surface area contributed by atoms with Gasteiger partial charge >= 0.3 is 5.97 Å².